The van der Waals surface area contributed by atoms with Crippen LogP contribution in [0, 0.1) is 5.92 Å². The first-order valence-electron chi connectivity index (χ1n) is 8.53. The van der Waals surface area contributed by atoms with Gasteiger partial charge in [0.05, 0.1) is 19.8 Å². The molecule has 0 amide bonds. The SMILES string of the molecule is C=C(C)[C@H](CCC1Cc2cc(OC)ccc21)[C@@H]1COC(C)(C)O1. The molecular weight excluding hydrogens is 288 g/mol. The van der Waals surface area contributed by atoms with Gasteiger partial charge in [0.15, 0.2) is 5.79 Å². The largest absolute Gasteiger partial charge is 0.497 e. The molecule has 1 unspecified atom stereocenters. The summed E-state index contributed by atoms with van der Waals surface area (Å²) >= 11 is 0. The van der Waals surface area contributed by atoms with E-state index in [0.717, 1.165) is 18.6 Å². The summed E-state index contributed by atoms with van der Waals surface area (Å²) in [6.45, 7) is 10.9. The molecule has 1 aliphatic heterocycles. The molecule has 126 valence electrons. The topological polar surface area (TPSA) is 27.7 Å². The second-order valence-corrected chi connectivity index (χ2v) is 7.36. The van der Waals surface area contributed by atoms with Crippen LogP contribution in [-0.4, -0.2) is 25.6 Å². The Morgan fingerprint density at radius 3 is 2.78 bits per heavy atom. The zero-order valence-corrected chi connectivity index (χ0v) is 14.7. The smallest absolute Gasteiger partial charge is 0.163 e. The van der Waals surface area contributed by atoms with Crippen molar-refractivity contribution in [3.05, 3.63) is 41.5 Å². The fourth-order valence-electron chi connectivity index (χ4n) is 3.83. The molecule has 0 saturated carbocycles. The van der Waals surface area contributed by atoms with Gasteiger partial charge < -0.3 is 14.2 Å². The molecule has 3 atom stereocenters. The Morgan fingerprint density at radius 1 is 1.43 bits per heavy atom. The van der Waals surface area contributed by atoms with Crippen LogP contribution < -0.4 is 4.74 Å². The van der Waals surface area contributed by atoms with E-state index in [2.05, 4.69) is 31.7 Å². The van der Waals surface area contributed by atoms with Crippen LogP contribution in [0.4, 0.5) is 0 Å². The van der Waals surface area contributed by atoms with Crippen LogP contribution in [0.3, 0.4) is 0 Å². The highest BCUT2D eigenvalue weighted by molar-refractivity contribution is 5.44. The van der Waals surface area contributed by atoms with E-state index in [9.17, 15) is 0 Å². The van der Waals surface area contributed by atoms with Crippen LogP contribution in [0.2, 0.25) is 0 Å². The molecule has 0 N–H and O–H groups in total. The van der Waals surface area contributed by atoms with E-state index in [1.807, 2.05) is 13.8 Å². The molecule has 3 nitrogen and oxygen atoms in total. The minimum atomic E-state index is -0.460. The van der Waals surface area contributed by atoms with Crippen LogP contribution >= 0.6 is 0 Å². The van der Waals surface area contributed by atoms with Crippen molar-refractivity contribution in [2.24, 2.45) is 5.92 Å². The predicted molar refractivity (Wildman–Crippen MR) is 91.9 cm³/mol. The van der Waals surface area contributed by atoms with E-state index in [1.165, 1.54) is 23.1 Å². The maximum Gasteiger partial charge on any atom is 0.163 e. The lowest BCUT2D eigenvalue weighted by molar-refractivity contribution is -0.143. The molecule has 0 bridgehead atoms. The highest BCUT2D eigenvalue weighted by Gasteiger charge is 2.38. The van der Waals surface area contributed by atoms with E-state index in [4.69, 9.17) is 14.2 Å². The number of benzene rings is 1. The third-order valence-electron chi connectivity index (χ3n) is 5.19. The Hall–Kier alpha value is -1.32. The van der Waals surface area contributed by atoms with Crippen molar-refractivity contribution in [2.75, 3.05) is 13.7 Å². The lowest BCUT2D eigenvalue weighted by atomic mass is 9.73. The van der Waals surface area contributed by atoms with Crippen LogP contribution in [0.25, 0.3) is 0 Å². The zero-order valence-electron chi connectivity index (χ0n) is 14.7. The normalized spacial score (nSPS) is 26.3. The second-order valence-electron chi connectivity index (χ2n) is 7.36. The van der Waals surface area contributed by atoms with Gasteiger partial charge in [0, 0.05) is 5.92 Å². The first-order chi connectivity index (χ1) is 10.9. The highest BCUT2D eigenvalue weighted by atomic mass is 16.7. The van der Waals surface area contributed by atoms with Gasteiger partial charge in [-0.05, 0) is 69.2 Å². The quantitative estimate of drug-likeness (QED) is 0.725. The first-order valence-corrected chi connectivity index (χ1v) is 8.53. The molecule has 1 fully saturated rings. The van der Waals surface area contributed by atoms with Crippen molar-refractivity contribution < 1.29 is 14.2 Å². The van der Waals surface area contributed by atoms with E-state index in [-0.39, 0.29) is 6.10 Å². The van der Waals surface area contributed by atoms with Gasteiger partial charge in [0.1, 0.15) is 5.75 Å². The van der Waals surface area contributed by atoms with Gasteiger partial charge in [-0.25, -0.2) is 0 Å². The lowest BCUT2D eigenvalue weighted by Gasteiger charge is -2.33. The maximum absolute atomic E-state index is 6.06. The van der Waals surface area contributed by atoms with Gasteiger partial charge >= 0.3 is 0 Å². The summed E-state index contributed by atoms with van der Waals surface area (Å²) in [5.74, 6) is 1.53. The Balaban J connectivity index is 1.59. The van der Waals surface area contributed by atoms with Crippen LogP contribution in [0.15, 0.2) is 30.4 Å². The molecule has 0 radical (unpaired) electrons. The highest BCUT2D eigenvalue weighted by Crippen LogP contribution is 2.42. The lowest BCUT2D eigenvalue weighted by Crippen LogP contribution is -2.28. The Morgan fingerprint density at radius 2 is 2.22 bits per heavy atom. The first kappa shape index (κ1) is 16.5. The van der Waals surface area contributed by atoms with Gasteiger partial charge in [0.25, 0.3) is 0 Å². The molecule has 3 heteroatoms. The minimum absolute atomic E-state index is 0.137. The Labute approximate surface area is 139 Å². The van der Waals surface area contributed by atoms with Gasteiger partial charge in [0.2, 0.25) is 0 Å². The third-order valence-corrected chi connectivity index (χ3v) is 5.19. The fourth-order valence-corrected chi connectivity index (χ4v) is 3.83. The van der Waals surface area contributed by atoms with E-state index in [1.54, 1.807) is 7.11 Å². The van der Waals surface area contributed by atoms with Gasteiger partial charge in [-0.3, -0.25) is 0 Å². The Kier molecular flexibility index (Phi) is 4.52. The molecule has 0 aromatic heterocycles. The fraction of sp³-hybridized carbons (Fsp3) is 0.600. The standard InChI is InChI=1S/C20H28O3/c1-13(2)17(19-12-22-20(3,4)23-19)8-6-14-10-15-11-16(21-5)7-9-18(14)15/h7,9,11,14,17,19H,1,6,8,10,12H2,2-5H3/t14?,17-,19-/m0/s1. The number of fused-ring (bicyclic) bond motifs is 1. The van der Waals surface area contributed by atoms with Gasteiger partial charge in [-0.2, -0.15) is 0 Å². The van der Waals surface area contributed by atoms with Crippen molar-refractivity contribution in [1.29, 1.82) is 0 Å². The minimum Gasteiger partial charge on any atom is -0.497 e. The molecule has 1 heterocycles. The summed E-state index contributed by atoms with van der Waals surface area (Å²) < 4.78 is 17.1. The van der Waals surface area contributed by atoms with Crippen molar-refractivity contribution in [2.45, 2.75) is 57.8 Å². The third kappa shape index (κ3) is 3.46. The van der Waals surface area contributed by atoms with Crippen LogP contribution in [0.1, 0.15) is 50.7 Å². The molecule has 1 aromatic rings. The van der Waals surface area contributed by atoms with Crippen molar-refractivity contribution in [1.82, 2.24) is 0 Å². The molecule has 2 aliphatic rings. The van der Waals surface area contributed by atoms with Crippen molar-refractivity contribution in [3.63, 3.8) is 0 Å². The number of rotatable bonds is 6. The number of ether oxygens (including phenoxy) is 3. The average Bonchev–Trinajstić information content (AvgIpc) is 2.83. The predicted octanol–water partition coefficient (Wildman–Crippen LogP) is 4.46. The number of hydrogen-bond acceptors (Lipinski definition) is 3. The average molecular weight is 316 g/mol. The molecule has 3 rings (SSSR count). The summed E-state index contributed by atoms with van der Waals surface area (Å²) in [6.07, 6.45) is 3.58. The Bertz CT molecular complexity index is 591. The van der Waals surface area contributed by atoms with Crippen LogP contribution in [-0.2, 0) is 15.9 Å². The van der Waals surface area contributed by atoms with E-state index in [0.29, 0.717) is 18.4 Å². The van der Waals surface area contributed by atoms with Gasteiger partial charge in [-0.15, -0.1) is 0 Å². The number of methoxy groups -OCH3 is 1. The van der Waals surface area contributed by atoms with E-state index < -0.39 is 5.79 Å². The molecular formula is C20H28O3. The van der Waals surface area contributed by atoms with E-state index >= 15 is 0 Å². The molecule has 1 aromatic carbocycles. The number of hydrogen-bond donors (Lipinski definition) is 0. The zero-order chi connectivity index (χ0) is 16.6. The molecule has 23 heavy (non-hydrogen) atoms. The maximum atomic E-state index is 6.06. The van der Waals surface area contributed by atoms with Crippen molar-refractivity contribution >= 4 is 0 Å². The summed E-state index contributed by atoms with van der Waals surface area (Å²) in [5, 5.41) is 0. The summed E-state index contributed by atoms with van der Waals surface area (Å²) in [6, 6.07) is 6.45. The van der Waals surface area contributed by atoms with Gasteiger partial charge in [-0.1, -0.05) is 18.2 Å². The molecule has 0 spiro atoms. The molecule has 1 aliphatic carbocycles. The van der Waals surface area contributed by atoms with Crippen LogP contribution in [0.5, 0.6) is 5.75 Å². The summed E-state index contributed by atoms with van der Waals surface area (Å²) in [7, 11) is 1.72. The van der Waals surface area contributed by atoms with Crippen molar-refractivity contribution in [3.8, 4) is 5.75 Å². The summed E-state index contributed by atoms with van der Waals surface area (Å²) in [4.78, 5) is 0. The molecule has 1 saturated heterocycles. The second kappa shape index (κ2) is 6.29. The summed E-state index contributed by atoms with van der Waals surface area (Å²) in [5.41, 5.74) is 4.11. The monoisotopic (exact) mass is 316 g/mol.